The summed E-state index contributed by atoms with van der Waals surface area (Å²) in [4.78, 5) is 31.5. The molecule has 2 atom stereocenters. The number of nitrogens with one attached hydrogen (secondary N) is 2. The molecule has 2 saturated heterocycles. The molecule has 0 aromatic carbocycles. The standard InChI is InChI=1S/C13H21N5O2/c1-17-9-10(18(2)13(20)16-11(9)19)15-12(17)14-7-8-5-3-4-6-8/h8-10H,3-7H2,1-2H3,(H,14,15)(H,16,19,20). The maximum atomic E-state index is 12.0. The SMILES string of the molecule is CN1C(=O)NC(=O)C2C1NC(=NCC1CCCC1)N2C. The van der Waals surface area contributed by atoms with Crippen LogP contribution in [-0.4, -0.2) is 60.5 Å². The van der Waals surface area contributed by atoms with Gasteiger partial charge in [0, 0.05) is 20.6 Å². The van der Waals surface area contributed by atoms with Crippen molar-refractivity contribution >= 4 is 17.9 Å². The van der Waals surface area contributed by atoms with Crippen molar-refractivity contribution in [1.82, 2.24) is 20.4 Å². The third-order valence-electron chi connectivity index (χ3n) is 4.54. The van der Waals surface area contributed by atoms with Crippen LogP contribution in [0.4, 0.5) is 4.79 Å². The number of nitrogens with zero attached hydrogens (tertiary/aromatic N) is 3. The number of imide groups is 1. The molecule has 7 nitrogen and oxygen atoms in total. The molecule has 2 N–H and O–H groups in total. The smallest absolute Gasteiger partial charge is 0.325 e. The van der Waals surface area contributed by atoms with Gasteiger partial charge in [-0.05, 0) is 18.8 Å². The number of amides is 3. The molecule has 2 unspecified atom stereocenters. The van der Waals surface area contributed by atoms with E-state index in [4.69, 9.17) is 0 Å². The number of hydrogen-bond acceptors (Lipinski definition) is 3. The van der Waals surface area contributed by atoms with Gasteiger partial charge in [-0.25, -0.2) is 4.79 Å². The van der Waals surface area contributed by atoms with E-state index < -0.39 is 6.04 Å². The summed E-state index contributed by atoms with van der Waals surface area (Å²) in [6.45, 7) is 0.797. The monoisotopic (exact) mass is 279 g/mol. The number of carbonyl (C=O) groups excluding carboxylic acids is 2. The Morgan fingerprint density at radius 2 is 1.90 bits per heavy atom. The predicted molar refractivity (Wildman–Crippen MR) is 74.0 cm³/mol. The molecule has 2 aliphatic heterocycles. The quantitative estimate of drug-likeness (QED) is 0.742. The van der Waals surface area contributed by atoms with Gasteiger partial charge in [0.15, 0.2) is 5.96 Å². The number of rotatable bonds is 2. The number of likely N-dealkylation sites (N-methyl/N-ethyl adjacent to an activating group) is 2. The van der Waals surface area contributed by atoms with E-state index in [1.807, 2.05) is 11.9 Å². The average Bonchev–Trinajstić information content (AvgIpc) is 3.02. The summed E-state index contributed by atoms with van der Waals surface area (Å²) >= 11 is 0. The summed E-state index contributed by atoms with van der Waals surface area (Å²) in [5.74, 6) is 1.11. The van der Waals surface area contributed by atoms with Gasteiger partial charge in [0.25, 0.3) is 5.91 Å². The second-order valence-corrected chi connectivity index (χ2v) is 5.87. The minimum Gasteiger partial charge on any atom is -0.334 e. The molecule has 7 heteroatoms. The topological polar surface area (TPSA) is 77.0 Å². The second kappa shape index (κ2) is 4.96. The van der Waals surface area contributed by atoms with E-state index in [0.29, 0.717) is 11.9 Å². The van der Waals surface area contributed by atoms with Crippen LogP contribution < -0.4 is 10.6 Å². The van der Waals surface area contributed by atoms with Gasteiger partial charge >= 0.3 is 6.03 Å². The van der Waals surface area contributed by atoms with Crippen molar-refractivity contribution in [2.75, 3.05) is 20.6 Å². The van der Waals surface area contributed by atoms with Crippen LogP contribution in [0.1, 0.15) is 25.7 Å². The van der Waals surface area contributed by atoms with Gasteiger partial charge in [0.2, 0.25) is 0 Å². The Balaban J connectivity index is 1.73. The van der Waals surface area contributed by atoms with Gasteiger partial charge in [0.1, 0.15) is 12.2 Å². The zero-order valence-electron chi connectivity index (χ0n) is 11.9. The van der Waals surface area contributed by atoms with E-state index in [1.165, 1.54) is 30.6 Å². The normalized spacial score (nSPS) is 32.6. The highest BCUT2D eigenvalue weighted by atomic mass is 16.2. The molecule has 3 aliphatic rings. The van der Waals surface area contributed by atoms with Crippen LogP contribution in [0.15, 0.2) is 4.99 Å². The van der Waals surface area contributed by atoms with Crippen LogP contribution in [0.25, 0.3) is 0 Å². The van der Waals surface area contributed by atoms with Gasteiger partial charge in [-0.1, -0.05) is 12.8 Å². The van der Waals surface area contributed by atoms with E-state index in [1.54, 1.807) is 7.05 Å². The molecule has 0 spiro atoms. The first-order chi connectivity index (χ1) is 9.58. The zero-order chi connectivity index (χ0) is 14.3. The second-order valence-electron chi connectivity index (χ2n) is 5.87. The first-order valence-electron chi connectivity index (χ1n) is 7.19. The Bertz CT molecular complexity index is 458. The van der Waals surface area contributed by atoms with Gasteiger partial charge in [-0.3, -0.25) is 15.1 Å². The van der Waals surface area contributed by atoms with Crippen LogP contribution >= 0.6 is 0 Å². The molecule has 0 bridgehead atoms. The van der Waals surface area contributed by atoms with Crippen LogP contribution in [-0.2, 0) is 4.79 Å². The minimum absolute atomic E-state index is 0.265. The molecule has 110 valence electrons. The molecule has 20 heavy (non-hydrogen) atoms. The van der Waals surface area contributed by atoms with Crippen molar-refractivity contribution in [3.05, 3.63) is 0 Å². The largest absolute Gasteiger partial charge is 0.334 e. The third kappa shape index (κ3) is 2.10. The lowest BCUT2D eigenvalue weighted by Gasteiger charge is -2.34. The Labute approximate surface area is 118 Å². The van der Waals surface area contributed by atoms with Crippen molar-refractivity contribution in [3.8, 4) is 0 Å². The fourth-order valence-electron chi connectivity index (χ4n) is 3.24. The predicted octanol–water partition coefficient (Wildman–Crippen LogP) is -0.0561. The van der Waals surface area contributed by atoms with Crippen LogP contribution in [0.2, 0.25) is 0 Å². The van der Waals surface area contributed by atoms with E-state index in [9.17, 15) is 9.59 Å². The van der Waals surface area contributed by atoms with Crippen molar-refractivity contribution in [2.45, 2.75) is 37.9 Å². The first-order valence-corrected chi connectivity index (χ1v) is 7.19. The van der Waals surface area contributed by atoms with Gasteiger partial charge < -0.3 is 15.1 Å². The highest BCUT2D eigenvalue weighted by Gasteiger charge is 2.48. The number of carbonyl (C=O) groups is 2. The fraction of sp³-hybridized carbons (Fsp3) is 0.769. The molecule has 1 aliphatic carbocycles. The first kappa shape index (κ1) is 13.2. The van der Waals surface area contributed by atoms with Gasteiger partial charge in [-0.15, -0.1) is 0 Å². The van der Waals surface area contributed by atoms with Crippen LogP contribution in [0.5, 0.6) is 0 Å². The lowest BCUT2D eigenvalue weighted by Crippen LogP contribution is -2.64. The molecule has 3 fully saturated rings. The number of hydrogen-bond donors (Lipinski definition) is 2. The summed E-state index contributed by atoms with van der Waals surface area (Å²) in [6.07, 6.45) is 4.75. The van der Waals surface area contributed by atoms with Gasteiger partial charge in [-0.2, -0.15) is 0 Å². The lowest BCUT2D eigenvalue weighted by molar-refractivity contribution is -0.126. The molecule has 0 aromatic heterocycles. The summed E-state index contributed by atoms with van der Waals surface area (Å²) in [6, 6.07) is -0.769. The Morgan fingerprint density at radius 3 is 2.60 bits per heavy atom. The molecule has 3 amide bonds. The van der Waals surface area contributed by atoms with E-state index in [-0.39, 0.29) is 18.1 Å². The maximum Gasteiger partial charge on any atom is 0.325 e. The Kier molecular flexibility index (Phi) is 3.27. The molecular formula is C13H21N5O2. The lowest BCUT2D eigenvalue weighted by atomic mass is 10.1. The maximum absolute atomic E-state index is 12.0. The summed E-state index contributed by atoms with van der Waals surface area (Å²) in [5.41, 5.74) is 0. The Morgan fingerprint density at radius 1 is 1.20 bits per heavy atom. The molecule has 3 rings (SSSR count). The summed E-state index contributed by atoms with van der Waals surface area (Å²) in [5, 5.41) is 5.56. The van der Waals surface area contributed by atoms with E-state index in [0.717, 1.165) is 6.54 Å². The number of urea groups is 1. The van der Waals surface area contributed by atoms with Crippen molar-refractivity contribution in [1.29, 1.82) is 0 Å². The number of aliphatic imine (C=N–C) groups is 1. The third-order valence-corrected chi connectivity index (χ3v) is 4.54. The zero-order valence-corrected chi connectivity index (χ0v) is 11.9. The van der Waals surface area contributed by atoms with E-state index in [2.05, 4.69) is 15.6 Å². The Hall–Kier alpha value is -1.79. The van der Waals surface area contributed by atoms with E-state index >= 15 is 0 Å². The molecule has 0 aromatic rings. The minimum atomic E-state index is -0.403. The highest BCUT2D eigenvalue weighted by molar-refractivity contribution is 6.04. The molecular weight excluding hydrogens is 258 g/mol. The highest BCUT2D eigenvalue weighted by Crippen LogP contribution is 2.25. The summed E-state index contributed by atoms with van der Waals surface area (Å²) in [7, 11) is 3.52. The number of fused-ring (bicyclic) bond motifs is 1. The van der Waals surface area contributed by atoms with Crippen LogP contribution in [0.3, 0.4) is 0 Å². The molecule has 2 heterocycles. The fourth-order valence-corrected chi connectivity index (χ4v) is 3.24. The average molecular weight is 279 g/mol. The van der Waals surface area contributed by atoms with Gasteiger partial charge in [0.05, 0.1) is 0 Å². The molecule has 0 radical (unpaired) electrons. The molecule has 1 saturated carbocycles. The van der Waals surface area contributed by atoms with Crippen molar-refractivity contribution in [3.63, 3.8) is 0 Å². The van der Waals surface area contributed by atoms with Crippen LogP contribution in [0, 0.1) is 5.92 Å². The van der Waals surface area contributed by atoms with Crippen molar-refractivity contribution in [2.24, 2.45) is 10.9 Å². The number of guanidine groups is 1. The van der Waals surface area contributed by atoms with Crippen molar-refractivity contribution < 1.29 is 9.59 Å². The summed E-state index contributed by atoms with van der Waals surface area (Å²) < 4.78 is 0.